The quantitative estimate of drug-likeness (QED) is 0.772. The van der Waals surface area contributed by atoms with Crippen LogP contribution in [0.25, 0.3) is 0 Å². The average Bonchev–Trinajstić information content (AvgIpc) is 2.15. The Labute approximate surface area is 86.5 Å². The first-order chi connectivity index (χ1) is 7.00. The van der Waals surface area contributed by atoms with Gasteiger partial charge in [0, 0.05) is 5.56 Å². The third-order valence-electron chi connectivity index (χ3n) is 1.70. The highest BCUT2D eigenvalue weighted by atomic mass is 19.1. The maximum Gasteiger partial charge on any atom is 0.248 e. The maximum atomic E-state index is 13.2. The first kappa shape index (κ1) is 11.5. The van der Waals surface area contributed by atoms with Crippen molar-refractivity contribution in [1.29, 1.82) is 0 Å². The lowest BCUT2D eigenvalue weighted by Gasteiger charge is -2.09. The number of aliphatic hydroxyl groups is 1. The number of hydrogen-bond acceptors (Lipinski definition) is 3. The van der Waals surface area contributed by atoms with Crippen molar-refractivity contribution in [1.82, 2.24) is 0 Å². The van der Waals surface area contributed by atoms with Crippen LogP contribution in [0.4, 0.5) is 4.39 Å². The van der Waals surface area contributed by atoms with E-state index in [0.29, 0.717) is 0 Å². The number of carbonyl (C=O) groups excluding carboxylic acids is 1. The summed E-state index contributed by atoms with van der Waals surface area (Å²) in [5.74, 6) is -1.39. The summed E-state index contributed by atoms with van der Waals surface area (Å²) in [5, 5.41) is 8.93. The molecule has 82 valence electrons. The second-order valence-corrected chi connectivity index (χ2v) is 3.17. The maximum absolute atomic E-state index is 13.2. The molecule has 1 atom stereocenters. The molecule has 5 heteroatoms. The minimum absolute atomic E-state index is 0.00711. The van der Waals surface area contributed by atoms with Gasteiger partial charge in [0.1, 0.15) is 6.61 Å². The van der Waals surface area contributed by atoms with Gasteiger partial charge in [-0.2, -0.15) is 0 Å². The summed E-state index contributed by atoms with van der Waals surface area (Å²) in [6.45, 7) is 1.52. The lowest BCUT2D eigenvalue weighted by atomic mass is 10.2. The number of rotatable bonds is 4. The normalized spacial score (nSPS) is 12.2. The van der Waals surface area contributed by atoms with Gasteiger partial charge in [-0.3, -0.25) is 4.79 Å². The summed E-state index contributed by atoms with van der Waals surface area (Å²) >= 11 is 0. The lowest BCUT2D eigenvalue weighted by molar-refractivity contribution is 0.0998. The highest BCUT2D eigenvalue weighted by Gasteiger charge is 2.08. The molecular weight excluding hydrogens is 201 g/mol. The molecule has 0 aromatic heterocycles. The predicted octanol–water partition coefficient (Wildman–Crippen LogP) is 0.684. The molecule has 4 nitrogen and oxygen atoms in total. The van der Waals surface area contributed by atoms with Crippen LogP contribution in [-0.2, 0) is 0 Å². The number of nitrogens with two attached hydrogens (primary N) is 1. The summed E-state index contributed by atoms with van der Waals surface area (Å²) in [6.07, 6.45) is -0.680. The van der Waals surface area contributed by atoms with E-state index in [4.69, 9.17) is 15.6 Å². The van der Waals surface area contributed by atoms with Gasteiger partial charge in [-0.25, -0.2) is 4.39 Å². The summed E-state index contributed by atoms with van der Waals surface area (Å²) < 4.78 is 18.2. The summed E-state index contributed by atoms with van der Waals surface area (Å²) in [4.78, 5) is 10.7. The smallest absolute Gasteiger partial charge is 0.248 e. The van der Waals surface area contributed by atoms with Crippen LogP contribution < -0.4 is 10.5 Å². The zero-order valence-electron chi connectivity index (χ0n) is 8.24. The first-order valence-corrected chi connectivity index (χ1v) is 4.41. The van der Waals surface area contributed by atoms with E-state index in [1.165, 1.54) is 19.1 Å². The van der Waals surface area contributed by atoms with Gasteiger partial charge in [-0.05, 0) is 25.1 Å². The van der Waals surface area contributed by atoms with Crippen molar-refractivity contribution in [3.63, 3.8) is 0 Å². The van der Waals surface area contributed by atoms with E-state index < -0.39 is 17.8 Å². The average molecular weight is 213 g/mol. The third-order valence-corrected chi connectivity index (χ3v) is 1.70. The predicted molar refractivity (Wildman–Crippen MR) is 52.1 cm³/mol. The van der Waals surface area contributed by atoms with Crippen LogP contribution in [0.15, 0.2) is 18.2 Å². The fourth-order valence-electron chi connectivity index (χ4n) is 0.982. The molecule has 15 heavy (non-hydrogen) atoms. The molecule has 0 radical (unpaired) electrons. The zero-order valence-corrected chi connectivity index (χ0v) is 8.24. The molecule has 0 bridgehead atoms. The number of amides is 1. The molecule has 0 aliphatic carbocycles. The molecule has 0 saturated heterocycles. The molecule has 0 aliphatic heterocycles. The SMILES string of the molecule is C[C@@H](O)COc1ccc(C(N)=O)cc1F. The Bertz CT molecular complexity index is 366. The van der Waals surface area contributed by atoms with E-state index in [1.54, 1.807) is 0 Å². The molecule has 0 fully saturated rings. The molecule has 1 rings (SSSR count). The Morgan fingerprint density at radius 1 is 1.67 bits per heavy atom. The minimum Gasteiger partial charge on any atom is -0.488 e. The molecule has 1 aromatic rings. The number of hydrogen-bond donors (Lipinski definition) is 2. The second-order valence-electron chi connectivity index (χ2n) is 3.17. The van der Waals surface area contributed by atoms with E-state index in [-0.39, 0.29) is 17.9 Å². The van der Waals surface area contributed by atoms with E-state index in [2.05, 4.69) is 0 Å². The Morgan fingerprint density at radius 2 is 2.33 bits per heavy atom. The summed E-state index contributed by atoms with van der Waals surface area (Å²) in [7, 11) is 0. The molecule has 0 unspecified atom stereocenters. The van der Waals surface area contributed by atoms with E-state index in [1.807, 2.05) is 0 Å². The van der Waals surface area contributed by atoms with E-state index in [0.717, 1.165) is 6.07 Å². The van der Waals surface area contributed by atoms with E-state index in [9.17, 15) is 9.18 Å². The lowest BCUT2D eigenvalue weighted by Crippen LogP contribution is -2.14. The second kappa shape index (κ2) is 4.75. The fraction of sp³-hybridized carbons (Fsp3) is 0.300. The monoisotopic (exact) mass is 213 g/mol. The van der Waals surface area contributed by atoms with Crippen molar-refractivity contribution in [2.24, 2.45) is 5.73 Å². The topological polar surface area (TPSA) is 72.6 Å². The number of primary amides is 1. The third kappa shape index (κ3) is 3.21. The molecule has 1 aromatic carbocycles. The van der Waals surface area contributed by atoms with Crippen molar-refractivity contribution in [3.8, 4) is 5.75 Å². The number of benzene rings is 1. The highest BCUT2D eigenvalue weighted by Crippen LogP contribution is 2.18. The first-order valence-electron chi connectivity index (χ1n) is 4.41. The summed E-state index contributed by atoms with van der Waals surface area (Å²) in [6, 6.07) is 3.67. The number of halogens is 1. The van der Waals surface area contributed by atoms with Crippen LogP contribution in [0.1, 0.15) is 17.3 Å². The van der Waals surface area contributed by atoms with Crippen molar-refractivity contribution >= 4 is 5.91 Å². The molecule has 0 heterocycles. The van der Waals surface area contributed by atoms with Gasteiger partial charge >= 0.3 is 0 Å². The van der Waals surface area contributed by atoms with Crippen molar-refractivity contribution in [2.75, 3.05) is 6.61 Å². The van der Waals surface area contributed by atoms with Gasteiger partial charge in [-0.1, -0.05) is 0 Å². The number of carbonyl (C=O) groups is 1. The molecule has 1 amide bonds. The van der Waals surface area contributed by atoms with Crippen LogP contribution in [0.3, 0.4) is 0 Å². The minimum atomic E-state index is -0.698. The zero-order chi connectivity index (χ0) is 11.4. The van der Waals surface area contributed by atoms with Crippen LogP contribution >= 0.6 is 0 Å². The van der Waals surface area contributed by atoms with Gasteiger partial charge in [0.05, 0.1) is 6.10 Å². The van der Waals surface area contributed by atoms with Crippen LogP contribution in [0.5, 0.6) is 5.75 Å². The Hall–Kier alpha value is -1.62. The largest absolute Gasteiger partial charge is 0.488 e. The van der Waals surface area contributed by atoms with Crippen LogP contribution in [-0.4, -0.2) is 23.7 Å². The Morgan fingerprint density at radius 3 is 2.80 bits per heavy atom. The van der Waals surface area contributed by atoms with Crippen molar-refractivity contribution in [2.45, 2.75) is 13.0 Å². The Kier molecular flexibility index (Phi) is 3.62. The fourth-order valence-corrected chi connectivity index (χ4v) is 0.982. The van der Waals surface area contributed by atoms with Crippen LogP contribution in [0.2, 0.25) is 0 Å². The van der Waals surface area contributed by atoms with Gasteiger partial charge in [0.25, 0.3) is 0 Å². The molecule has 0 saturated carbocycles. The molecule has 3 N–H and O–H groups in total. The molecular formula is C10H12FNO3. The van der Waals surface area contributed by atoms with Gasteiger partial charge in [0.2, 0.25) is 5.91 Å². The standard InChI is InChI=1S/C10H12FNO3/c1-6(13)5-15-9-3-2-7(10(12)14)4-8(9)11/h2-4,6,13H,5H2,1H3,(H2,12,14)/t6-/m1/s1. The Balaban J connectivity index is 2.79. The molecule has 0 aliphatic rings. The van der Waals surface area contributed by atoms with Gasteiger partial charge in [-0.15, -0.1) is 0 Å². The van der Waals surface area contributed by atoms with Crippen molar-refractivity contribution < 1.29 is 19.0 Å². The van der Waals surface area contributed by atoms with Gasteiger partial charge in [0.15, 0.2) is 11.6 Å². The van der Waals surface area contributed by atoms with Crippen molar-refractivity contribution in [3.05, 3.63) is 29.6 Å². The number of ether oxygens (including phenoxy) is 1. The van der Waals surface area contributed by atoms with Gasteiger partial charge < -0.3 is 15.6 Å². The highest BCUT2D eigenvalue weighted by molar-refractivity contribution is 5.92. The van der Waals surface area contributed by atoms with E-state index >= 15 is 0 Å². The van der Waals surface area contributed by atoms with Crippen LogP contribution in [0, 0.1) is 5.82 Å². The number of aliphatic hydroxyl groups excluding tert-OH is 1. The molecule has 0 spiro atoms. The summed E-state index contributed by atoms with van der Waals surface area (Å²) in [5.41, 5.74) is 5.05.